The molecule has 53 heavy (non-hydrogen) atoms. The molecule has 0 amide bonds. The molecule has 0 bridgehead atoms. The number of hydrogen-bond donors (Lipinski definition) is 0. The van der Waals surface area contributed by atoms with E-state index in [1.807, 2.05) is 11.8 Å². The van der Waals surface area contributed by atoms with Crippen molar-refractivity contribution in [2.24, 2.45) is 0 Å². The van der Waals surface area contributed by atoms with E-state index in [9.17, 15) is 0 Å². The number of benzene rings is 9. The fourth-order valence-corrected chi connectivity index (χ4v) is 10.3. The molecule has 2 heteroatoms. The van der Waals surface area contributed by atoms with E-state index in [1.165, 1.54) is 75.8 Å². The smallest absolute Gasteiger partial charge is 0.0742 e. The van der Waals surface area contributed by atoms with E-state index < -0.39 is 5.41 Å². The lowest BCUT2D eigenvalue weighted by atomic mass is 9.66. The van der Waals surface area contributed by atoms with Gasteiger partial charge in [-0.15, -0.1) is 0 Å². The highest BCUT2D eigenvalue weighted by atomic mass is 32.2. The molecular weight excluding hydrogens is 659 g/mol. The van der Waals surface area contributed by atoms with E-state index in [0.29, 0.717) is 0 Å². The van der Waals surface area contributed by atoms with E-state index in [2.05, 4.69) is 205 Å². The molecule has 0 fully saturated rings. The van der Waals surface area contributed by atoms with Gasteiger partial charge in [0.2, 0.25) is 0 Å². The van der Waals surface area contributed by atoms with E-state index in [4.69, 9.17) is 0 Å². The SMILES string of the molecule is c1ccc(-c2ccc(N(c3ccc4c(c3)C3(c5ccccc5Sc5ccccc53)c3c-4ccc4ccccc34)c3cccc4ccccc34)cc2)cc1. The predicted molar refractivity (Wildman–Crippen MR) is 223 cm³/mol. The molecule has 0 atom stereocenters. The van der Waals surface area contributed by atoms with Gasteiger partial charge in [-0.05, 0) is 103 Å². The van der Waals surface area contributed by atoms with Gasteiger partial charge in [0.1, 0.15) is 0 Å². The monoisotopic (exact) mass is 691 g/mol. The van der Waals surface area contributed by atoms with Crippen LogP contribution < -0.4 is 4.90 Å². The average Bonchev–Trinajstić information content (AvgIpc) is 3.52. The van der Waals surface area contributed by atoms with Crippen molar-refractivity contribution in [2.75, 3.05) is 4.90 Å². The number of hydrogen-bond acceptors (Lipinski definition) is 2. The summed E-state index contributed by atoms with van der Waals surface area (Å²) in [5.74, 6) is 0. The molecule has 2 aliphatic rings. The quantitative estimate of drug-likeness (QED) is 0.181. The lowest BCUT2D eigenvalue weighted by molar-refractivity contribution is 0.728. The van der Waals surface area contributed by atoms with Crippen LogP contribution >= 0.6 is 11.8 Å². The summed E-state index contributed by atoms with van der Waals surface area (Å²) in [6.45, 7) is 0. The Morgan fingerprint density at radius 2 is 0.943 bits per heavy atom. The highest BCUT2D eigenvalue weighted by Crippen LogP contribution is 2.64. The fraction of sp³-hybridized carbons (Fsp3) is 0.0196. The normalized spacial score (nSPS) is 13.4. The lowest BCUT2D eigenvalue weighted by Gasteiger charge is -2.40. The fourth-order valence-electron chi connectivity index (χ4n) is 9.07. The summed E-state index contributed by atoms with van der Waals surface area (Å²) in [4.78, 5) is 5.08. The summed E-state index contributed by atoms with van der Waals surface area (Å²) < 4.78 is 0. The molecule has 0 unspecified atom stereocenters. The van der Waals surface area contributed by atoms with Crippen LogP contribution in [0.5, 0.6) is 0 Å². The first-order chi connectivity index (χ1) is 26.3. The van der Waals surface area contributed by atoms with Gasteiger partial charge in [-0.2, -0.15) is 0 Å². The van der Waals surface area contributed by atoms with Gasteiger partial charge in [-0.1, -0.05) is 169 Å². The second kappa shape index (κ2) is 11.8. The van der Waals surface area contributed by atoms with Crippen LogP contribution in [-0.2, 0) is 5.41 Å². The maximum Gasteiger partial charge on any atom is 0.0742 e. The molecule has 0 radical (unpaired) electrons. The summed E-state index contributed by atoms with van der Waals surface area (Å²) in [7, 11) is 0. The summed E-state index contributed by atoms with van der Waals surface area (Å²) in [6.07, 6.45) is 0. The molecule has 9 aromatic rings. The first-order valence-electron chi connectivity index (χ1n) is 18.3. The maximum absolute atomic E-state index is 2.50. The van der Waals surface area contributed by atoms with Gasteiger partial charge in [0, 0.05) is 26.6 Å². The summed E-state index contributed by atoms with van der Waals surface area (Å²) in [6, 6.07) is 74.1. The Morgan fingerprint density at radius 1 is 0.377 bits per heavy atom. The minimum absolute atomic E-state index is 0.498. The van der Waals surface area contributed by atoms with Gasteiger partial charge in [-0.25, -0.2) is 0 Å². The van der Waals surface area contributed by atoms with Gasteiger partial charge >= 0.3 is 0 Å². The Labute approximate surface area is 313 Å². The third kappa shape index (κ3) is 4.46. The van der Waals surface area contributed by atoms with Gasteiger partial charge in [0.25, 0.3) is 0 Å². The van der Waals surface area contributed by atoms with Gasteiger partial charge in [0.15, 0.2) is 0 Å². The Hall–Kier alpha value is -6.35. The molecule has 1 aliphatic carbocycles. The van der Waals surface area contributed by atoms with Crippen LogP contribution in [0.3, 0.4) is 0 Å². The van der Waals surface area contributed by atoms with Crippen molar-refractivity contribution in [3.63, 3.8) is 0 Å². The molecule has 9 aromatic carbocycles. The first kappa shape index (κ1) is 30.3. The molecule has 248 valence electrons. The lowest BCUT2D eigenvalue weighted by Crippen LogP contribution is -2.32. The van der Waals surface area contributed by atoms with Crippen LogP contribution in [0, 0.1) is 0 Å². The number of fused-ring (bicyclic) bond motifs is 12. The van der Waals surface area contributed by atoms with Crippen molar-refractivity contribution in [3.05, 3.63) is 222 Å². The standard InChI is InChI=1S/C51H33NS/c1-2-13-34(14-3-1)35-25-28-38(29-26-35)52(47-22-12-17-36-15-4-6-18-40(36)47)39-30-32-42-43-31-27-37-16-5-7-19-41(37)50(43)51(46(42)33-39)44-20-8-10-23-48(44)53-49-24-11-9-21-45(49)51/h1-33H. The minimum Gasteiger partial charge on any atom is -0.310 e. The molecule has 1 aliphatic heterocycles. The van der Waals surface area contributed by atoms with Crippen molar-refractivity contribution < 1.29 is 0 Å². The Balaban J connectivity index is 1.22. The Morgan fingerprint density at radius 3 is 1.70 bits per heavy atom. The Bertz CT molecular complexity index is 2820. The summed E-state index contributed by atoms with van der Waals surface area (Å²) in [5.41, 5.74) is 13.3. The predicted octanol–water partition coefficient (Wildman–Crippen LogP) is 14.0. The van der Waals surface area contributed by atoms with Gasteiger partial charge in [-0.3, -0.25) is 0 Å². The third-order valence-corrected chi connectivity index (χ3v) is 12.5. The second-order valence-corrected chi connectivity index (χ2v) is 15.1. The van der Waals surface area contributed by atoms with E-state index >= 15 is 0 Å². The molecule has 0 aromatic heterocycles. The van der Waals surface area contributed by atoms with E-state index in [-0.39, 0.29) is 0 Å². The van der Waals surface area contributed by atoms with Crippen LogP contribution in [0.25, 0.3) is 43.8 Å². The molecular formula is C51H33NS. The van der Waals surface area contributed by atoms with E-state index in [1.54, 1.807) is 0 Å². The van der Waals surface area contributed by atoms with Crippen molar-refractivity contribution in [3.8, 4) is 22.3 Å². The van der Waals surface area contributed by atoms with Crippen LogP contribution in [-0.4, -0.2) is 0 Å². The second-order valence-electron chi connectivity index (χ2n) is 14.0. The molecule has 1 nitrogen and oxygen atoms in total. The first-order valence-corrected chi connectivity index (χ1v) is 19.1. The molecule has 0 N–H and O–H groups in total. The zero-order valence-electron chi connectivity index (χ0n) is 28.9. The highest BCUT2D eigenvalue weighted by Gasteiger charge is 2.51. The van der Waals surface area contributed by atoms with Crippen LogP contribution in [0.1, 0.15) is 22.3 Å². The summed E-state index contributed by atoms with van der Waals surface area (Å²) in [5, 5.41) is 5.01. The molecule has 0 saturated heterocycles. The van der Waals surface area contributed by atoms with Crippen molar-refractivity contribution in [1.82, 2.24) is 0 Å². The zero-order chi connectivity index (χ0) is 34.9. The Kier molecular flexibility index (Phi) is 6.77. The van der Waals surface area contributed by atoms with Crippen LogP contribution in [0.2, 0.25) is 0 Å². The van der Waals surface area contributed by atoms with E-state index in [0.717, 1.165) is 17.1 Å². The molecule has 1 heterocycles. The molecule has 1 spiro atoms. The topological polar surface area (TPSA) is 3.24 Å². The average molecular weight is 692 g/mol. The van der Waals surface area contributed by atoms with Gasteiger partial charge in [0.05, 0.1) is 11.1 Å². The highest BCUT2D eigenvalue weighted by molar-refractivity contribution is 7.99. The largest absolute Gasteiger partial charge is 0.310 e. The number of nitrogens with zero attached hydrogens (tertiary/aromatic N) is 1. The number of rotatable bonds is 4. The molecule has 11 rings (SSSR count). The van der Waals surface area contributed by atoms with Crippen LogP contribution in [0.15, 0.2) is 210 Å². The third-order valence-electron chi connectivity index (χ3n) is 11.3. The maximum atomic E-state index is 2.50. The number of anilines is 3. The van der Waals surface area contributed by atoms with Gasteiger partial charge < -0.3 is 4.90 Å². The van der Waals surface area contributed by atoms with Crippen molar-refractivity contribution in [2.45, 2.75) is 15.2 Å². The minimum atomic E-state index is -0.498. The molecule has 0 saturated carbocycles. The summed E-state index contributed by atoms with van der Waals surface area (Å²) >= 11 is 1.89. The zero-order valence-corrected chi connectivity index (χ0v) is 29.7. The van der Waals surface area contributed by atoms with Crippen molar-refractivity contribution in [1.29, 1.82) is 0 Å². The van der Waals surface area contributed by atoms with Crippen molar-refractivity contribution >= 4 is 50.4 Å². The van der Waals surface area contributed by atoms with Crippen LogP contribution in [0.4, 0.5) is 17.1 Å².